The van der Waals surface area contributed by atoms with Crippen LogP contribution in [-0.2, 0) is 0 Å². The molecule has 1 aromatic carbocycles. The molecule has 0 amide bonds. The fourth-order valence-electron chi connectivity index (χ4n) is 2.18. The molecule has 82 valence electrons. The molecule has 0 radical (unpaired) electrons. The molecule has 1 aliphatic rings. The standard InChI is InChI=1S/C13H14N2Se/c1-9-6-10(8-14-7-9)13-11-4-2-3-5-12(11)16-15-13/h2-6,9,14H,7-8H2,1H3/t9-/m0/s1. The van der Waals surface area contributed by atoms with Crippen LogP contribution in [-0.4, -0.2) is 31.8 Å². The molecule has 1 N–H and O–H groups in total. The summed E-state index contributed by atoms with van der Waals surface area (Å²) in [6.07, 6.45) is 2.37. The molecule has 0 fully saturated rings. The van der Waals surface area contributed by atoms with Gasteiger partial charge in [0.25, 0.3) is 0 Å². The quantitative estimate of drug-likeness (QED) is 0.805. The van der Waals surface area contributed by atoms with Crippen LogP contribution in [0.25, 0.3) is 15.2 Å². The molecule has 0 saturated carbocycles. The Kier molecular flexibility index (Phi) is 2.68. The summed E-state index contributed by atoms with van der Waals surface area (Å²) < 4.78 is 6.15. The number of rotatable bonds is 1. The van der Waals surface area contributed by atoms with Crippen molar-refractivity contribution in [3.8, 4) is 0 Å². The van der Waals surface area contributed by atoms with E-state index in [4.69, 9.17) is 3.98 Å². The molecule has 1 aromatic heterocycles. The SMILES string of the molecule is C[C@H]1C=C(c2n[se]c3ccccc23)CNC1. The van der Waals surface area contributed by atoms with Crippen molar-refractivity contribution in [2.75, 3.05) is 13.1 Å². The summed E-state index contributed by atoms with van der Waals surface area (Å²) in [5.74, 6) is 0.617. The van der Waals surface area contributed by atoms with Crippen molar-refractivity contribution >= 4 is 30.0 Å². The van der Waals surface area contributed by atoms with Crippen LogP contribution in [0.2, 0.25) is 0 Å². The van der Waals surface area contributed by atoms with E-state index in [1.165, 1.54) is 20.9 Å². The summed E-state index contributed by atoms with van der Waals surface area (Å²) in [7, 11) is 0. The van der Waals surface area contributed by atoms with Gasteiger partial charge in [0, 0.05) is 0 Å². The molecule has 0 spiro atoms. The van der Waals surface area contributed by atoms with Crippen LogP contribution in [0, 0.1) is 5.92 Å². The Labute approximate surface area is 101 Å². The Hall–Kier alpha value is -0.891. The van der Waals surface area contributed by atoms with Gasteiger partial charge in [-0.05, 0) is 0 Å². The fraction of sp³-hybridized carbons (Fsp3) is 0.308. The Morgan fingerprint density at radius 3 is 3.12 bits per heavy atom. The van der Waals surface area contributed by atoms with Gasteiger partial charge >= 0.3 is 101 Å². The monoisotopic (exact) mass is 278 g/mol. The van der Waals surface area contributed by atoms with Gasteiger partial charge in [0.05, 0.1) is 0 Å². The van der Waals surface area contributed by atoms with Gasteiger partial charge in [0.2, 0.25) is 0 Å². The summed E-state index contributed by atoms with van der Waals surface area (Å²) in [6, 6.07) is 8.61. The second-order valence-corrected chi connectivity index (χ2v) is 6.02. The van der Waals surface area contributed by atoms with E-state index in [1.807, 2.05) is 0 Å². The minimum atomic E-state index is 0.285. The number of aromatic nitrogens is 1. The number of nitrogens with zero attached hydrogens (tertiary/aromatic N) is 1. The van der Waals surface area contributed by atoms with Crippen LogP contribution in [0.1, 0.15) is 12.6 Å². The fourth-order valence-corrected chi connectivity index (χ4v) is 3.87. The number of benzene rings is 1. The molecule has 3 rings (SSSR count). The molecule has 1 aliphatic heterocycles. The van der Waals surface area contributed by atoms with Crippen molar-refractivity contribution in [1.82, 2.24) is 9.30 Å². The average Bonchev–Trinajstić information content (AvgIpc) is 2.72. The predicted molar refractivity (Wildman–Crippen MR) is 68.7 cm³/mol. The van der Waals surface area contributed by atoms with Crippen molar-refractivity contribution in [3.63, 3.8) is 0 Å². The zero-order valence-electron chi connectivity index (χ0n) is 9.23. The van der Waals surface area contributed by atoms with E-state index in [0.717, 1.165) is 13.1 Å². The summed E-state index contributed by atoms with van der Waals surface area (Å²) in [6.45, 7) is 4.30. The zero-order valence-corrected chi connectivity index (χ0v) is 10.9. The van der Waals surface area contributed by atoms with E-state index < -0.39 is 0 Å². The van der Waals surface area contributed by atoms with E-state index in [9.17, 15) is 0 Å². The Bertz CT molecular complexity index is 542. The van der Waals surface area contributed by atoms with Gasteiger partial charge < -0.3 is 0 Å². The number of hydrogen-bond donors (Lipinski definition) is 1. The molecular formula is C13H14N2Se. The molecule has 2 nitrogen and oxygen atoms in total. The van der Waals surface area contributed by atoms with Gasteiger partial charge in [0.1, 0.15) is 0 Å². The first-order valence-corrected chi connectivity index (χ1v) is 7.23. The van der Waals surface area contributed by atoms with Crippen molar-refractivity contribution in [2.45, 2.75) is 6.92 Å². The number of hydrogen-bond acceptors (Lipinski definition) is 2. The van der Waals surface area contributed by atoms with Crippen molar-refractivity contribution in [3.05, 3.63) is 36.0 Å². The molecule has 1 atom stereocenters. The maximum atomic E-state index is 4.73. The number of fused-ring (bicyclic) bond motifs is 1. The Morgan fingerprint density at radius 1 is 1.38 bits per heavy atom. The first kappa shape index (κ1) is 10.3. The van der Waals surface area contributed by atoms with E-state index in [0.29, 0.717) is 5.92 Å². The predicted octanol–water partition coefficient (Wildman–Crippen LogP) is 1.91. The van der Waals surface area contributed by atoms with Gasteiger partial charge in [-0.15, -0.1) is 0 Å². The maximum absolute atomic E-state index is 4.73. The van der Waals surface area contributed by atoms with Gasteiger partial charge in [-0.3, -0.25) is 0 Å². The van der Waals surface area contributed by atoms with Crippen molar-refractivity contribution in [1.29, 1.82) is 0 Å². The van der Waals surface area contributed by atoms with Crippen LogP contribution in [0.15, 0.2) is 30.3 Å². The molecule has 3 heteroatoms. The molecular weight excluding hydrogens is 263 g/mol. The van der Waals surface area contributed by atoms with E-state index in [-0.39, 0.29) is 14.7 Å². The third-order valence-corrected chi connectivity index (χ3v) is 4.68. The van der Waals surface area contributed by atoms with Crippen molar-refractivity contribution in [2.24, 2.45) is 5.92 Å². The van der Waals surface area contributed by atoms with Gasteiger partial charge in [0.15, 0.2) is 0 Å². The normalized spacial score (nSPS) is 21.1. The third kappa shape index (κ3) is 1.75. The van der Waals surface area contributed by atoms with E-state index in [2.05, 4.69) is 42.6 Å². The van der Waals surface area contributed by atoms with Crippen LogP contribution in [0.5, 0.6) is 0 Å². The Morgan fingerprint density at radius 2 is 2.25 bits per heavy atom. The van der Waals surface area contributed by atoms with Crippen LogP contribution >= 0.6 is 0 Å². The second-order valence-electron chi connectivity index (χ2n) is 4.33. The van der Waals surface area contributed by atoms with E-state index >= 15 is 0 Å². The van der Waals surface area contributed by atoms with Crippen LogP contribution in [0.3, 0.4) is 0 Å². The van der Waals surface area contributed by atoms with Gasteiger partial charge in [-0.2, -0.15) is 0 Å². The molecule has 2 heterocycles. The first-order chi connectivity index (χ1) is 7.84. The Balaban J connectivity index is 2.12. The molecule has 0 bridgehead atoms. The molecule has 0 aliphatic carbocycles. The topological polar surface area (TPSA) is 24.9 Å². The van der Waals surface area contributed by atoms with Gasteiger partial charge in [-0.25, -0.2) is 0 Å². The zero-order chi connectivity index (χ0) is 11.0. The summed E-state index contributed by atoms with van der Waals surface area (Å²) >= 11 is 0.285. The van der Waals surface area contributed by atoms with Crippen LogP contribution < -0.4 is 5.32 Å². The van der Waals surface area contributed by atoms with E-state index in [1.54, 1.807) is 0 Å². The summed E-state index contributed by atoms with van der Waals surface area (Å²) in [5.41, 5.74) is 2.61. The summed E-state index contributed by atoms with van der Waals surface area (Å²) in [4.78, 5) is 0. The minimum absolute atomic E-state index is 0.285. The third-order valence-electron chi connectivity index (χ3n) is 2.95. The number of nitrogens with one attached hydrogen (secondary N) is 1. The van der Waals surface area contributed by atoms with Gasteiger partial charge in [-0.1, -0.05) is 0 Å². The molecule has 0 saturated heterocycles. The molecule has 0 unspecified atom stereocenters. The van der Waals surface area contributed by atoms with Crippen molar-refractivity contribution < 1.29 is 0 Å². The molecule has 2 aromatic rings. The van der Waals surface area contributed by atoms with Crippen LogP contribution in [0.4, 0.5) is 0 Å². The first-order valence-electron chi connectivity index (χ1n) is 5.61. The molecule has 16 heavy (non-hydrogen) atoms. The average molecular weight is 277 g/mol. The second kappa shape index (κ2) is 4.17. The summed E-state index contributed by atoms with van der Waals surface area (Å²) in [5, 5.41) is 4.80.